The van der Waals surface area contributed by atoms with E-state index in [1.165, 1.54) is 0 Å². The number of fused-ring (bicyclic) bond motifs is 3. The number of aromatic nitrogens is 3. The molecule has 2 aliphatic rings. The Bertz CT molecular complexity index is 1550. The number of pyridine rings is 3. The van der Waals surface area contributed by atoms with Crippen molar-refractivity contribution in [1.29, 1.82) is 0 Å². The molecule has 5 heterocycles. The summed E-state index contributed by atoms with van der Waals surface area (Å²) >= 11 is 0. The van der Waals surface area contributed by atoms with Crippen LogP contribution in [0.15, 0.2) is 58.4 Å². The highest BCUT2D eigenvalue weighted by Crippen LogP contribution is 2.30. The number of hydrogen-bond donors (Lipinski definition) is 0. The summed E-state index contributed by atoms with van der Waals surface area (Å²) in [6.07, 6.45) is 5.26. The lowest BCUT2D eigenvalue weighted by Crippen LogP contribution is -2.37. The van der Waals surface area contributed by atoms with Crippen LogP contribution in [0.3, 0.4) is 0 Å². The minimum atomic E-state index is -0.180. The van der Waals surface area contributed by atoms with Gasteiger partial charge in [-0.25, -0.2) is 4.98 Å². The van der Waals surface area contributed by atoms with Crippen LogP contribution in [0.2, 0.25) is 0 Å². The van der Waals surface area contributed by atoms with E-state index in [9.17, 15) is 9.59 Å². The summed E-state index contributed by atoms with van der Waals surface area (Å²) in [6.45, 7) is 6.55. The Morgan fingerprint density at radius 3 is 2.24 bits per heavy atom. The first-order valence-electron chi connectivity index (χ1n) is 12.9. The standard InChI is InChI=1S/C28H30N4O5/c33-27-21-18-22-24(29-23(21)5-9-31(27)8-1-7-30-11-15-35-16-12-30)6-10-32(28(22)34)19-20-3-4-25-26(17-20)37-14-2-13-36-25/h3-6,9-10,17-18H,1-2,7-8,11-16,19H2. The SMILES string of the molecule is O=c1c2cc3c(=O)n(Cc4ccc5c(c4)OCCCO5)ccc3nc2ccn1CCCN1CCOCC1. The summed E-state index contributed by atoms with van der Waals surface area (Å²) in [5.41, 5.74) is 1.81. The van der Waals surface area contributed by atoms with Gasteiger partial charge in [0.1, 0.15) is 0 Å². The normalized spacial score (nSPS) is 16.2. The van der Waals surface area contributed by atoms with Crippen LogP contribution in [0, 0.1) is 0 Å². The second kappa shape index (κ2) is 10.4. The molecule has 1 fully saturated rings. The molecule has 0 atom stereocenters. The molecule has 9 heteroatoms. The average Bonchev–Trinajstić information content (AvgIpc) is 3.17. The fraction of sp³-hybridized carbons (Fsp3) is 0.393. The molecule has 0 spiro atoms. The molecule has 0 bridgehead atoms. The second-order valence-corrected chi connectivity index (χ2v) is 9.56. The van der Waals surface area contributed by atoms with E-state index in [4.69, 9.17) is 14.2 Å². The minimum absolute atomic E-state index is 0.119. The predicted octanol–water partition coefficient (Wildman–Crippen LogP) is 2.64. The lowest BCUT2D eigenvalue weighted by molar-refractivity contribution is 0.0369. The van der Waals surface area contributed by atoms with Crippen LogP contribution in [0.1, 0.15) is 18.4 Å². The quantitative estimate of drug-likeness (QED) is 0.375. The van der Waals surface area contributed by atoms with E-state index in [1.54, 1.807) is 27.6 Å². The van der Waals surface area contributed by atoms with Crippen molar-refractivity contribution in [3.8, 4) is 11.5 Å². The van der Waals surface area contributed by atoms with E-state index in [0.717, 1.165) is 57.0 Å². The van der Waals surface area contributed by atoms with Crippen LogP contribution in [-0.2, 0) is 17.8 Å². The summed E-state index contributed by atoms with van der Waals surface area (Å²) in [4.78, 5) is 33.6. The topological polar surface area (TPSA) is 87.8 Å². The number of nitrogens with zero attached hydrogens (tertiary/aromatic N) is 4. The van der Waals surface area contributed by atoms with Crippen LogP contribution >= 0.6 is 0 Å². The molecule has 1 aromatic carbocycles. The third kappa shape index (κ3) is 4.97. The molecule has 0 N–H and O–H groups in total. The van der Waals surface area contributed by atoms with Gasteiger partial charge in [0.05, 0.1) is 54.8 Å². The third-order valence-corrected chi connectivity index (χ3v) is 7.03. The molecule has 192 valence electrons. The Morgan fingerprint density at radius 2 is 1.46 bits per heavy atom. The molecule has 0 radical (unpaired) electrons. The van der Waals surface area contributed by atoms with Crippen molar-refractivity contribution < 1.29 is 14.2 Å². The van der Waals surface area contributed by atoms with Crippen molar-refractivity contribution in [2.45, 2.75) is 25.9 Å². The summed E-state index contributed by atoms with van der Waals surface area (Å²) < 4.78 is 20.3. The van der Waals surface area contributed by atoms with Crippen LogP contribution in [0.25, 0.3) is 21.8 Å². The molecule has 0 aliphatic carbocycles. The van der Waals surface area contributed by atoms with Crippen molar-refractivity contribution in [2.24, 2.45) is 0 Å². The smallest absolute Gasteiger partial charge is 0.260 e. The number of morpholine rings is 1. The van der Waals surface area contributed by atoms with E-state index >= 15 is 0 Å². The van der Waals surface area contributed by atoms with Crippen molar-refractivity contribution in [3.05, 3.63) is 75.1 Å². The van der Waals surface area contributed by atoms with E-state index in [-0.39, 0.29) is 11.1 Å². The Morgan fingerprint density at radius 1 is 0.757 bits per heavy atom. The summed E-state index contributed by atoms with van der Waals surface area (Å²) in [7, 11) is 0. The lowest BCUT2D eigenvalue weighted by Gasteiger charge is -2.26. The molecule has 1 saturated heterocycles. The van der Waals surface area contributed by atoms with Gasteiger partial charge in [-0.05, 0) is 42.3 Å². The number of rotatable bonds is 6. The lowest BCUT2D eigenvalue weighted by atomic mass is 10.1. The fourth-order valence-electron chi connectivity index (χ4n) is 5.00. The molecule has 9 nitrogen and oxygen atoms in total. The van der Waals surface area contributed by atoms with Crippen LogP contribution < -0.4 is 20.6 Å². The molecule has 0 saturated carbocycles. The molecule has 0 amide bonds. The maximum Gasteiger partial charge on any atom is 0.260 e. The average molecular weight is 503 g/mol. The maximum absolute atomic E-state index is 13.4. The van der Waals surface area contributed by atoms with Crippen molar-refractivity contribution in [2.75, 3.05) is 46.1 Å². The molecule has 2 aliphatic heterocycles. The summed E-state index contributed by atoms with van der Waals surface area (Å²) in [5.74, 6) is 1.43. The zero-order valence-electron chi connectivity index (χ0n) is 20.7. The van der Waals surface area contributed by atoms with Crippen molar-refractivity contribution in [3.63, 3.8) is 0 Å². The van der Waals surface area contributed by atoms with Crippen LogP contribution in [-0.4, -0.2) is 65.1 Å². The molecule has 3 aromatic heterocycles. The first kappa shape index (κ1) is 23.7. The summed E-state index contributed by atoms with van der Waals surface area (Å²) in [6, 6.07) is 11.1. The van der Waals surface area contributed by atoms with Gasteiger partial charge in [0.2, 0.25) is 0 Å². The zero-order valence-corrected chi connectivity index (χ0v) is 20.7. The summed E-state index contributed by atoms with van der Waals surface area (Å²) in [5, 5.41) is 0.902. The fourth-order valence-corrected chi connectivity index (χ4v) is 5.00. The number of hydrogen-bond acceptors (Lipinski definition) is 7. The van der Waals surface area contributed by atoms with E-state index < -0.39 is 0 Å². The van der Waals surface area contributed by atoms with Gasteiger partial charge < -0.3 is 23.3 Å². The zero-order chi connectivity index (χ0) is 25.2. The Kier molecular flexibility index (Phi) is 6.63. The molecular weight excluding hydrogens is 472 g/mol. The van der Waals surface area contributed by atoms with Crippen molar-refractivity contribution in [1.82, 2.24) is 19.0 Å². The number of aryl methyl sites for hydroxylation is 1. The largest absolute Gasteiger partial charge is 0.490 e. The van der Waals surface area contributed by atoms with Gasteiger partial charge in [0.15, 0.2) is 11.5 Å². The highest BCUT2D eigenvalue weighted by Gasteiger charge is 2.14. The predicted molar refractivity (Wildman–Crippen MR) is 141 cm³/mol. The van der Waals surface area contributed by atoms with Gasteiger partial charge in [0, 0.05) is 45.0 Å². The number of ether oxygens (including phenoxy) is 3. The molecule has 4 aromatic rings. The first-order chi connectivity index (χ1) is 18.2. The highest BCUT2D eigenvalue weighted by molar-refractivity contribution is 5.91. The van der Waals surface area contributed by atoms with Gasteiger partial charge in [-0.15, -0.1) is 0 Å². The van der Waals surface area contributed by atoms with Gasteiger partial charge in [0.25, 0.3) is 11.1 Å². The van der Waals surface area contributed by atoms with Crippen LogP contribution in [0.4, 0.5) is 0 Å². The minimum Gasteiger partial charge on any atom is -0.490 e. The molecule has 37 heavy (non-hydrogen) atoms. The molecule has 0 unspecified atom stereocenters. The number of benzene rings is 1. The van der Waals surface area contributed by atoms with Gasteiger partial charge in [-0.3, -0.25) is 14.5 Å². The maximum atomic E-state index is 13.4. The van der Waals surface area contributed by atoms with Crippen LogP contribution in [0.5, 0.6) is 11.5 Å². The first-order valence-corrected chi connectivity index (χ1v) is 12.9. The van der Waals surface area contributed by atoms with Gasteiger partial charge in [-0.2, -0.15) is 0 Å². The Hall–Kier alpha value is -3.69. The monoisotopic (exact) mass is 502 g/mol. The van der Waals surface area contributed by atoms with Crippen molar-refractivity contribution >= 4 is 21.8 Å². The molecule has 6 rings (SSSR count). The van der Waals surface area contributed by atoms with E-state index in [0.29, 0.717) is 53.9 Å². The Balaban J connectivity index is 1.27. The Labute approximate surface area is 213 Å². The second-order valence-electron chi connectivity index (χ2n) is 9.56. The molecular formula is C28H30N4O5. The van der Waals surface area contributed by atoms with Gasteiger partial charge >= 0.3 is 0 Å². The third-order valence-electron chi connectivity index (χ3n) is 7.03. The van der Waals surface area contributed by atoms with Gasteiger partial charge in [-0.1, -0.05) is 6.07 Å². The highest BCUT2D eigenvalue weighted by atomic mass is 16.5. The van der Waals surface area contributed by atoms with E-state index in [2.05, 4.69) is 9.88 Å². The van der Waals surface area contributed by atoms with E-state index in [1.807, 2.05) is 30.3 Å².